The molecule has 2 rings (SSSR count). The quantitative estimate of drug-likeness (QED) is 0.870. The van der Waals surface area contributed by atoms with Crippen LogP contribution in [0.5, 0.6) is 0 Å². The monoisotopic (exact) mass is 289 g/mol. The summed E-state index contributed by atoms with van der Waals surface area (Å²) in [5, 5.41) is 6.48. The van der Waals surface area contributed by atoms with Crippen molar-refractivity contribution in [2.45, 2.75) is 26.3 Å². The average molecular weight is 289 g/mol. The normalized spacial score (nSPS) is 17.7. The van der Waals surface area contributed by atoms with Crippen molar-refractivity contribution >= 4 is 5.91 Å². The Hall–Kier alpha value is -1.39. The first kappa shape index (κ1) is 16.0. The van der Waals surface area contributed by atoms with Gasteiger partial charge in [-0.25, -0.2) is 0 Å². The highest BCUT2D eigenvalue weighted by Crippen LogP contribution is 2.26. The summed E-state index contributed by atoms with van der Waals surface area (Å²) in [6, 6.07) is 7.89. The highest BCUT2D eigenvalue weighted by atomic mass is 16.1. The Balaban J connectivity index is 1.93. The molecule has 4 nitrogen and oxygen atoms in total. The lowest BCUT2D eigenvalue weighted by Gasteiger charge is -2.34. The average Bonchev–Trinajstić information content (AvgIpc) is 2.45. The van der Waals surface area contributed by atoms with Crippen LogP contribution in [0.4, 0.5) is 0 Å². The topological polar surface area (TPSA) is 44.4 Å². The molecule has 0 spiro atoms. The number of piperidine rings is 1. The van der Waals surface area contributed by atoms with Crippen LogP contribution in [-0.4, -0.2) is 44.5 Å². The molecule has 1 heterocycles. The molecule has 2 N–H and O–H groups in total. The second kappa shape index (κ2) is 7.05. The van der Waals surface area contributed by atoms with E-state index in [9.17, 15) is 4.79 Å². The van der Waals surface area contributed by atoms with E-state index >= 15 is 0 Å². The molecule has 0 aliphatic carbocycles. The van der Waals surface area contributed by atoms with Gasteiger partial charge in [-0.2, -0.15) is 0 Å². The number of nitrogens with zero attached hydrogens (tertiary/aromatic N) is 1. The third-order valence-corrected chi connectivity index (χ3v) is 4.17. The summed E-state index contributed by atoms with van der Waals surface area (Å²) in [5.74, 6) is 0.0374. The molecule has 1 amide bonds. The van der Waals surface area contributed by atoms with Crippen LogP contribution >= 0.6 is 0 Å². The highest BCUT2D eigenvalue weighted by Gasteiger charge is 2.27. The van der Waals surface area contributed by atoms with Crippen molar-refractivity contribution in [1.29, 1.82) is 0 Å². The van der Waals surface area contributed by atoms with Gasteiger partial charge in [-0.3, -0.25) is 4.79 Å². The van der Waals surface area contributed by atoms with E-state index in [1.54, 1.807) is 0 Å². The molecule has 1 aromatic carbocycles. The SMILES string of the molecule is CN(C)Cc1cccc(C(=O)NCC2(C)CCNCC2)c1. The Morgan fingerprint density at radius 3 is 2.71 bits per heavy atom. The van der Waals surface area contributed by atoms with Gasteiger partial charge in [-0.15, -0.1) is 0 Å². The van der Waals surface area contributed by atoms with Crippen molar-refractivity contribution in [3.8, 4) is 0 Å². The van der Waals surface area contributed by atoms with Crippen LogP contribution in [0, 0.1) is 5.41 Å². The predicted octanol–water partition coefficient (Wildman–Crippen LogP) is 1.87. The first-order valence-electron chi connectivity index (χ1n) is 7.71. The van der Waals surface area contributed by atoms with Gasteiger partial charge in [0.2, 0.25) is 0 Å². The molecule has 0 radical (unpaired) electrons. The number of hydrogen-bond donors (Lipinski definition) is 2. The lowest BCUT2D eigenvalue weighted by Crippen LogP contribution is -2.42. The van der Waals surface area contributed by atoms with Crippen molar-refractivity contribution in [1.82, 2.24) is 15.5 Å². The molecular formula is C17H27N3O. The molecule has 0 unspecified atom stereocenters. The Bertz CT molecular complexity index is 479. The van der Waals surface area contributed by atoms with E-state index in [4.69, 9.17) is 0 Å². The molecule has 0 bridgehead atoms. The number of nitrogens with one attached hydrogen (secondary N) is 2. The number of amides is 1. The molecule has 1 aliphatic heterocycles. The van der Waals surface area contributed by atoms with Crippen LogP contribution in [-0.2, 0) is 6.54 Å². The zero-order chi connectivity index (χ0) is 15.3. The number of hydrogen-bond acceptors (Lipinski definition) is 3. The largest absolute Gasteiger partial charge is 0.351 e. The van der Waals surface area contributed by atoms with Gasteiger partial charge in [-0.05, 0) is 63.1 Å². The van der Waals surface area contributed by atoms with Gasteiger partial charge in [0, 0.05) is 18.7 Å². The first-order chi connectivity index (χ1) is 9.98. The van der Waals surface area contributed by atoms with Gasteiger partial charge < -0.3 is 15.5 Å². The second-order valence-corrected chi connectivity index (χ2v) is 6.68. The maximum Gasteiger partial charge on any atom is 0.251 e. The summed E-state index contributed by atoms with van der Waals surface area (Å²) >= 11 is 0. The van der Waals surface area contributed by atoms with Gasteiger partial charge in [-0.1, -0.05) is 19.1 Å². The lowest BCUT2D eigenvalue weighted by molar-refractivity contribution is 0.0922. The lowest BCUT2D eigenvalue weighted by atomic mass is 9.81. The van der Waals surface area contributed by atoms with Crippen molar-refractivity contribution < 1.29 is 4.79 Å². The molecule has 0 saturated carbocycles. The Kier molecular flexibility index (Phi) is 5.37. The predicted molar refractivity (Wildman–Crippen MR) is 86.4 cm³/mol. The van der Waals surface area contributed by atoms with E-state index in [1.807, 2.05) is 32.3 Å². The van der Waals surface area contributed by atoms with E-state index in [1.165, 1.54) is 5.56 Å². The third kappa shape index (κ3) is 4.83. The van der Waals surface area contributed by atoms with Crippen LogP contribution < -0.4 is 10.6 Å². The highest BCUT2D eigenvalue weighted by molar-refractivity contribution is 5.94. The molecule has 4 heteroatoms. The summed E-state index contributed by atoms with van der Waals surface area (Å²) < 4.78 is 0. The molecule has 116 valence electrons. The maximum atomic E-state index is 12.3. The molecular weight excluding hydrogens is 262 g/mol. The van der Waals surface area contributed by atoms with E-state index < -0.39 is 0 Å². The van der Waals surface area contributed by atoms with Crippen LogP contribution in [0.3, 0.4) is 0 Å². The Labute approximate surface area is 127 Å². The van der Waals surface area contributed by atoms with Gasteiger partial charge in [0.05, 0.1) is 0 Å². The Morgan fingerprint density at radius 2 is 2.05 bits per heavy atom. The van der Waals surface area contributed by atoms with Gasteiger partial charge >= 0.3 is 0 Å². The summed E-state index contributed by atoms with van der Waals surface area (Å²) in [4.78, 5) is 14.4. The van der Waals surface area contributed by atoms with E-state index in [2.05, 4.69) is 28.5 Å². The van der Waals surface area contributed by atoms with Gasteiger partial charge in [0.1, 0.15) is 0 Å². The minimum atomic E-state index is 0.0374. The fraction of sp³-hybridized carbons (Fsp3) is 0.588. The number of rotatable bonds is 5. The van der Waals surface area contributed by atoms with Crippen LogP contribution in [0.1, 0.15) is 35.7 Å². The van der Waals surface area contributed by atoms with Crippen LogP contribution in [0.15, 0.2) is 24.3 Å². The molecule has 1 aromatic rings. The van der Waals surface area contributed by atoms with Crippen molar-refractivity contribution in [2.24, 2.45) is 5.41 Å². The fourth-order valence-corrected chi connectivity index (χ4v) is 2.78. The minimum absolute atomic E-state index is 0.0374. The summed E-state index contributed by atoms with van der Waals surface area (Å²) in [5.41, 5.74) is 2.15. The van der Waals surface area contributed by atoms with E-state index in [0.717, 1.165) is 44.6 Å². The summed E-state index contributed by atoms with van der Waals surface area (Å²) in [7, 11) is 4.06. The number of carbonyl (C=O) groups excluding carboxylic acids is 1. The zero-order valence-corrected chi connectivity index (χ0v) is 13.4. The van der Waals surface area contributed by atoms with Crippen LogP contribution in [0.25, 0.3) is 0 Å². The van der Waals surface area contributed by atoms with Gasteiger partial charge in [0.25, 0.3) is 5.91 Å². The smallest absolute Gasteiger partial charge is 0.251 e. The third-order valence-electron chi connectivity index (χ3n) is 4.17. The number of benzene rings is 1. The Morgan fingerprint density at radius 1 is 1.33 bits per heavy atom. The van der Waals surface area contributed by atoms with Crippen molar-refractivity contribution in [3.05, 3.63) is 35.4 Å². The molecule has 0 aromatic heterocycles. The van der Waals surface area contributed by atoms with E-state index in [-0.39, 0.29) is 11.3 Å². The van der Waals surface area contributed by atoms with Crippen molar-refractivity contribution in [3.63, 3.8) is 0 Å². The van der Waals surface area contributed by atoms with Crippen molar-refractivity contribution in [2.75, 3.05) is 33.7 Å². The second-order valence-electron chi connectivity index (χ2n) is 6.68. The standard InChI is InChI=1S/C17H27N3O/c1-17(7-9-18-10-8-17)13-19-16(21)15-6-4-5-14(11-15)12-20(2)3/h4-6,11,18H,7-10,12-13H2,1-3H3,(H,19,21). The molecule has 0 atom stereocenters. The first-order valence-corrected chi connectivity index (χ1v) is 7.71. The molecule has 1 fully saturated rings. The maximum absolute atomic E-state index is 12.3. The summed E-state index contributed by atoms with van der Waals surface area (Å²) in [6.45, 7) is 5.96. The fourth-order valence-electron chi connectivity index (χ4n) is 2.78. The zero-order valence-electron chi connectivity index (χ0n) is 13.4. The minimum Gasteiger partial charge on any atom is -0.351 e. The summed E-state index contributed by atoms with van der Waals surface area (Å²) in [6.07, 6.45) is 2.24. The molecule has 1 aliphatic rings. The number of carbonyl (C=O) groups is 1. The molecule has 1 saturated heterocycles. The van der Waals surface area contributed by atoms with Gasteiger partial charge in [0.15, 0.2) is 0 Å². The molecule has 21 heavy (non-hydrogen) atoms. The van der Waals surface area contributed by atoms with Crippen LogP contribution in [0.2, 0.25) is 0 Å². The van der Waals surface area contributed by atoms with E-state index in [0.29, 0.717) is 0 Å².